The molecular weight excluding hydrogens is 513 g/mol. The Balaban J connectivity index is 2.17. The first-order valence-corrected chi connectivity index (χ1v) is 12.2. The van der Waals surface area contributed by atoms with E-state index >= 15 is 0 Å². The van der Waals surface area contributed by atoms with Gasteiger partial charge < -0.3 is 9.47 Å². The van der Waals surface area contributed by atoms with E-state index in [-0.39, 0.29) is 25.0 Å². The molecule has 0 aromatic heterocycles. The number of hydrogen-bond acceptors (Lipinski definition) is 5. The van der Waals surface area contributed by atoms with Crippen molar-refractivity contribution in [2.45, 2.75) is 83.2 Å². The van der Waals surface area contributed by atoms with Gasteiger partial charge in [-0.1, -0.05) is 25.5 Å². The summed E-state index contributed by atoms with van der Waals surface area (Å²) in [5.74, 6) is -4.31. The van der Waals surface area contributed by atoms with E-state index in [4.69, 9.17) is 9.47 Å². The molecule has 12 heteroatoms. The summed E-state index contributed by atoms with van der Waals surface area (Å²) < 4.78 is 83.2. The third kappa shape index (κ3) is 6.63. The topological polar surface area (TPSA) is 71.4 Å². The van der Waals surface area contributed by atoms with Crippen LogP contribution in [-0.2, 0) is 16.1 Å². The molecule has 2 aliphatic heterocycles. The van der Waals surface area contributed by atoms with Gasteiger partial charge in [0.2, 0.25) is 0 Å². The molecule has 1 spiro atoms. The van der Waals surface area contributed by atoms with Gasteiger partial charge in [0.05, 0.1) is 32.0 Å². The minimum absolute atomic E-state index is 0.180. The van der Waals surface area contributed by atoms with Crippen LogP contribution in [0.25, 0.3) is 0 Å². The highest BCUT2D eigenvalue weighted by Crippen LogP contribution is 2.46. The van der Waals surface area contributed by atoms with Crippen LogP contribution in [0.3, 0.4) is 0 Å². The summed E-state index contributed by atoms with van der Waals surface area (Å²) in [6.07, 6.45) is -6.73. The van der Waals surface area contributed by atoms with E-state index in [0.29, 0.717) is 16.3 Å². The molecule has 2 heterocycles. The fourth-order valence-electron chi connectivity index (χ4n) is 4.69. The minimum Gasteiger partial charge on any atom is -0.497 e. The lowest BCUT2D eigenvalue weighted by atomic mass is 9.84. The van der Waals surface area contributed by atoms with Gasteiger partial charge in [-0.3, -0.25) is 9.69 Å². The Bertz CT molecular complexity index is 1110. The number of methoxy groups -OCH3 is 1. The maximum atomic E-state index is 14.8. The maximum Gasteiger partial charge on any atom is 0.421 e. The van der Waals surface area contributed by atoms with Crippen molar-refractivity contribution in [3.05, 3.63) is 41.0 Å². The number of carbonyl (C=O) groups excluding carboxylic acids is 2. The number of nitrogens with zero attached hydrogens (tertiary/aromatic N) is 3. The van der Waals surface area contributed by atoms with Crippen molar-refractivity contribution in [3.8, 4) is 5.75 Å². The van der Waals surface area contributed by atoms with E-state index < -0.39 is 60.2 Å². The molecule has 2 aliphatic rings. The first kappa shape index (κ1) is 29.4. The zero-order chi connectivity index (χ0) is 28.5. The van der Waals surface area contributed by atoms with Gasteiger partial charge in [0.15, 0.2) is 0 Å². The van der Waals surface area contributed by atoms with Crippen LogP contribution in [0.5, 0.6) is 5.75 Å². The number of amides is 2. The third-order valence-electron chi connectivity index (χ3n) is 6.19. The number of hydrogen-bond donors (Lipinski definition) is 0. The van der Waals surface area contributed by atoms with Crippen LogP contribution in [0.4, 0.5) is 26.7 Å². The monoisotopic (exact) mass is 545 g/mol. The Morgan fingerprint density at radius 1 is 1.13 bits per heavy atom. The molecule has 1 aromatic carbocycles. The summed E-state index contributed by atoms with van der Waals surface area (Å²) in [5.41, 5.74) is -4.35. The van der Waals surface area contributed by atoms with Gasteiger partial charge in [-0.2, -0.15) is 18.3 Å². The molecule has 0 bridgehead atoms. The van der Waals surface area contributed by atoms with Crippen LogP contribution in [0, 0.1) is 0 Å². The molecule has 0 aliphatic carbocycles. The highest BCUT2D eigenvalue weighted by molar-refractivity contribution is 5.97. The zero-order valence-electron chi connectivity index (χ0n) is 22.0. The number of ether oxygens (including phenoxy) is 2. The average molecular weight is 546 g/mol. The van der Waals surface area contributed by atoms with Crippen molar-refractivity contribution in [1.82, 2.24) is 9.91 Å². The quantitative estimate of drug-likeness (QED) is 0.420. The van der Waals surface area contributed by atoms with Gasteiger partial charge in [0.25, 0.3) is 11.8 Å². The van der Waals surface area contributed by atoms with Crippen LogP contribution >= 0.6 is 0 Å². The van der Waals surface area contributed by atoms with Crippen molar-refractivity contribution < 1.29 is 41.0 Å². The Labute approximate surface area is 218 Å². The molecule has 1 atom stereocenters. The zero-order valence-corrected chi connectivity index (χ0v) is 22.0. The molecular formula is C26H32F5N3O4. The maximum absolute atomic E-state index is 14.8. The predicted molar refractivity (Wildman–Crippen MR) is 130 cm³/mol. The highest BCUT2D eigenvalue weighted by atomic mass is 19.4. The molecule has 3 rings (SSSR count). The minimum atomic E-state index is -5.08. The molecule has 0 radical (unpaired) electrons. The lowest BCUT2D eigenvalue weighted by Gasteiger charge is -2.38. The van der Waals surface area contributed by atoms with Gasteiger partial charge in [0.1, 0.15) is 16.9 Å². The van der Waals surface area contributed by atoms with Gasteiger partial charge in [-0.15, -0.1) is 0 Å². The van der Waals surface area contributed by atoms with Crippen LogP contribution in [0.1, 0.15) is 58.9 Å². The number of likely N-dealkylation sites (tertiary alicyclic amines) is 1. The first-order chi connectivity index (χ1) is 17.5. The Kier molecular flexibility index (Phi) is 8.14. The van der Waals surface area contributed by atoms with Crippen molar-refractivity contribution in [2.75, 3.05) is 13.7 Å². The second-order valence-corrected chi connectivity index (χ2v) is 10.6. The third-order valence-corrected chi connectivity index (χ3v) is 6.19. The number of rotatable bonds is 5. The molecule has 0 N–H and O–H groups in total. The summed E-state index contributed by atoms with van der Waals surface area (Å²) in [6.45, 7) is 4.86. The Morgan fingerprint density at radius 3 is 2.29 bits per heavy atom. The van der Waals surface area contributed by atoms with E-state index in [1.807, 2.05) is 0 Å². The van der Waals surface area contributed by atoms with Gasteiger partial charge in [0, 0.05) is 6.42 Å². The number of carbonyl (C=O) groups is 2. The number of alkyl halides is 5. The van der Waals surface area contributed by atoms with Crippen molar-refractivity contribution in [1.29, 1.82) is 0 Å². The molecule has 7 nitrogen and oxygen atoms in total. The fourth-order valence-corrected chi connectivity index (χ4v) is 4.69. The molecule has 38 heavy (non-hydrogen) atoms. The second-order valence-electron chi connectivity index (χ2n) is 10.6. The number of hydrazone groups is 1. The number of benzene rings is 1. The average Bonchev–Trinajstić information content (AvgIpc) is 3.05. The Morgan fingerprint density at radius 2 is 1.76 bits per heavy atom. The van der Waals surface area contributed by atoms with Gasteiger partial charge in [-0.25, -0.2) is 18.6 Å². The summed E-state index contributed by atoms with van der Waals surface area (Å²) >= 11 is 0. The predicted octanol–water partition coefficient (Wildman–Crippen LogP) is 6.09. The molecule has 1 unspecified atom stereocenters. The summed E-state index contributed by atoms with van der Waals surface area (Å²) in [6, 6.07) is 6.24. The molecule has 1 fully saturated rings. The fraction of sp³-hybridized carbons (Fsp3) is 0.577. The van der Waals surface area contributed by atoms with E-state index in [1.165, 1.54) is 7.11 Å². The van der Waals surface area contributed by atoms with Crippen LogP contribution in [0.15, 0.2) is 40.5 Å². The second kappa shape index (κ2) is 10.5. The molecule has 1 aromatic rings. The first-order valence-electron chi connectivity index (χ1n) is 12.2. The Hall–Kier alpha value is -3.18. The smallest absolute Gasteiger partial charge is 0.421 e. The van der Waals surface area contributed by atoms with Gasteiger partial charge in [-0.05, 0) is 56.9 Å². The molecule has 0 saturated carbocycles. The van der Waals surface area contributed by atoms with E-state index in [0.717, 1.165) is 11.1 Å². The summed E-state index contributed by atoms with van der Waals surface area (Å²) in [7, 11) is 1.45. The van der Waals surface area contributed by atoms with E-state index in [1.54, 1.807) is 52.0 Å². The van der Waals surface area contributed by atoms with E-state index in [2.05, 4.69) is 5.10 Å². The highest BCUT2D eigenvalue weighted by Gasteiger charge is 2.58. The molecule has 210 valence electrons. The lowest BCUT2D eigenvalue weighted by molar-refractivity contribution is -0.140. The normalized spacial score (nSPS) is 24.8. The van der Waals surface area contributed by atoms with Crippen LogP contribution < -0.4 is 4.74 Å². The van der Waals surface area contributed by atoms with Gasteiger partial charge >= 0.3 is 12.3 Å². The van der Waals surface area contributed by atoms with Crippen LogP contribution in [-0.4, -0.2) is 65.0 Å². The van der Waals surface area contributed by atoms with Crippen molar-refractivity contribution >= 4 is 18.2 Å². The van der Waals surface area contributed by atoms with Crippen molar-refractivity contribution in [3.63, 3.8) is 0 Å². The summed E-state index contributed by atoms with van der Waals surface area (Å²) in [4.78, 5) is 27.0. The standard InChI is InChI=1S/C26H32F5N3O4/c1-6-7-18-12-24(14-25(27,28)16-33(24)22(36)38-23(2,3)4)15-32-34(21(35)20(18)26(29,30)31)13-17-8-10-19(37-5)11-9-17/h8-11,15H,6-7,12-14,16H2,1-5H3/b20-18+,32-15+. The van der Waals surface area contributed by atoms with Crippen molar-refractivity contribution in [2.24, 2.45) is 5.10 Å². The van der Waals surface area contributed by atoms with E-state index in [9.17, 15) is 31.5 Å². The SMILES string of the molecule is CCC/C1=C(\C(F)(F)F)C(=O)N(Cc2ccc(OC)cc2)/N=C/C2(C1)CC(F)(F)CN2C(=O)OC(C)(C)C. The molecule has 2 amide bonds. The number of halogens is 5. The van der Waals surface area contributed by atoms with Crippen LogP contribution in [0.2, 0.25) is 0 Å². The lowest BCUT2D eigenvalue weighted by Crippen LogP contribution is -2.52. The largest absolute Gasteiger partial charge is 0.497 e. The molecule has 1 saturated heterocycles. The summed E-state index contributed by atoms with van der Waals surface area (Å²) in [5, 5.41) is 4.60.